The van der Waals surface area contributed by atoms with Crippen LogP contribution in [-0.4, -0.2) is 31.5 Å². The summed E-state index contributed by atoms with van der Waals surface area (Å²) in [7, 11) is 1.53. The Labute approximate surface area is 187 Å². The summed E-state index contributed by atoms with van der Waals surface area (Å²) in [6.07, 6.45) is 0. The Balaban J connectivity index is 1.54. The minimum atomic E-state index is -0.606. The van der Waals surface area contributed by atoms with Crippen molar-refractivity contribution in [3.63, 3.8) is 0 Å². The molecule has 158 valence electrons. The number of carbonyl (C=O) groups is 3. The van der Waals surface area contributed by atoms with E-state index in [1.165, 1.54) is 7.11 Å². The van der Waals surface area contributed by atoms with E-state index in [0.29, 0.717) is 32.7 Å². The number of rotatable bonds is 7. The van der Waals surface area contributed by atoms with E-state index in [1.807, 2.05) is 6.07 Å². The molecule has 0 saturated heterocycles. The Hall–Kier alpha value is -3.65. The van der Waals surface area contributed by atoms with Gasteiger partial charge in [0, 0.05) is 15.7 Å². The number of ether oxygens (including phenoxy) is 2. The lowest BCUT2D eigenvalue weighted by Crippen LogP contribution is -2.21. The highest BCUT2D eigenvalue weighted by Gasteiger charge is 2.14. The minimum Gasteiger partial charge on any atom is -0.495 e. The molecule has 3 rings (SSSR count). The van der Waals surface area contributed by atoms with Crippen LogP contribution in [0, 0.1) is 0 Å². The molecule has 3 aromatic rings. The fraction of sp³-hybridized carbons (Fsp3) is 0.0870. The first kappa shape index (κ1) is 22.0. The fourth-order valence-corrected chi connectivity index (χ4v) is 3.13. The molecule has 7 nitrogen and oxygen atoms in total. The summed E-state index contributed by atoms with van der Waals surface area (Å²) in [6, 6.07) is 20.2. The molecule has 0 fully saturated rings. The molecular formula is C23H19BrN2O5. The maximum absolute atomic E-state index is 12.4. The number of esters is 1. The first-order chi connectivity index (χ1) is 15.0. The van der Waals surface area contributed by atoms with E-state index in [1.54, 1.807) is 66.7 Å². The summed E-state index contributed by atoms with van der Waals surface area (Å²) >= 11 is 3.26. The number of hydrogen-bond donors (Lipinski definition) is 2. The Morgan fingerprint density at radius 3 is 2.26 bits per heavy atom. The molecule has 0 spiro atoms. The third-order valence-corrected chi connectivity index (χ3v) is 4.91. The van der Waals surface area contributed by atoms with Crippen molar-refractivity contribution in [2.75, 3.05) is 24.4 Å². The van der Waals surface area contributed by atoms with E-state index < -0.39 is 18.5 Å². The third kappa shape index (κ3) is 5.93. The number of amides is 2. The number of carbonyl (C=O) groups excluding carboxylic acids is 3. The van der Waals surface area contributed by atoms with Crippen LogP contribution in [0.1, 0.15) is 20.7 Å². The van der Waals surface area contributed by atoms with Gasteiger partial charge in [-0.15, -0.1) is 0 Å². The lowest BCUT2D eigenvalue weighted by Gasteiger charge is -2.10. The SMILES string of the molecule is COc1ccccc1NC(=O)c1ccc(NC(=O)COC(=O)c2ccccc2Br)cc1. The molecule has 0 radical (unpaired) electrons. The largest absolute Gasteiger partial charge is 0.495 e. The van der Waals surface area contributed by atoms with Crippen molar-refractivity contribution in [1.29, 1.82) is 0 Å². The highest BCUT2D eigenvalue weighted by atomic mass is 79.9. The molecule has 0 aliphatic rings. The van der Waals surface area contributed by atoms with Gasteiger partial charge in [0.2, 0.25) is 0 Å². The predicted molar refractivity (Wildman–Crippen MR) is 120 cm³/mol. The lowest BCUT2D eigenvalue weighted by atomic mass is 10.2. The van der Waals surface area contributed by atoms with Gasteiger partial charge in [-0.1, -0.05) is 24.3 Å². The van der Waals surface area contributed by atoms with Gasteiger partial charge in [0.05, 0.1) is 18.4 Å². The molecule has 0 aliphatic heterocycles. The van der Waals surface area contributed by atoms with Gasteiger partial charge in [-0.3, -0.25) is 9.59 Å². The maximum Gasteiger partial charge on any atom is 0.339 e. The van der Waals surface area contributed by atoms with Crippen LogP contribution in [0.3, 0.4) is 0 Å². The number of halogens is 1. The molecule has 2 amide bonds. The van der Waals surface area contributed by atoms with Crippen LogP contribution in [-0.2, 0) is 9.53 Å². The Kier molecular flexibility index (Phi) is 7.40. The monoisotopic (exact) mass is 482 g/mol. The van der Waals surface area contributed by atoms with Crippen LogP contribution in [0.25, 0.3) is 0 Å². The van der Waals surface area contributed by atoms with Crippen molar-refractivity contribution in [3.8, 4) is 5.75 Å². The topological polar surface area (TPSA) is 93.7 Å². The van der Waals surface area contributed by atoms with Gasteiger partial charge in [-0.2, -0.15) is 0 Å². The van der Waals surface area contributed by atoms with Crippen molar-refractivity contribution in [2.45, 2.75) is 0 Å². The maximum atomic E-state index is 12.4. The first-order valence-corrected chi connectivity index (χ1v) is 10.0. The summed E-state index contributed by atoms with van der Waals surface area (Å²) in [6.45, 7) is -0.434. The average Bonchev–Trinajstić information content (AvgIpc) is 2.78. The fourth-order valence-electron chi connectivity index (χ4n) is 2.68. The molecule has 0 heterocycles. The quantitative estimate of drug-likeness (QED) is 0.483. The molecule has 31 heavy (non-hydrogen) atoms. The van der Waals surface area contributed by atoms with Crippen molar-refractivity contribution in [2.24, 2.45) is 0 Å². The standard InChI is InChI=1S/C23H19BrN2O5/c1-30-20-9-5-4-8-19(20)26-22(28)15-10-12-16(13-11-15)25-21(27)14-31-23(29)17-6-2-3-7-18(17)24/h2-13H,14H2,1H3,(H,25,27)(H,26,28). The summed E-state index contributed by atoms with van der Waals surface area (Å²) in [4.78, 5) is 36.6. The Morgan fingerprint density at radius 1 is 0.871 bits per heavy atom. The lowest BCUT2D eigenvalue weighted by molar-refractivity contribution is -0.119. The second kappa shape index (κ2) is 10.4. The number of hydrogen-bond acceptors (Lipinski definition) is 5. The van der Waals surface area contributed by atoms with E-state index in [9.17, 15) is 14.4 Å². The number of para-hydroxylation sites is 2. The van der Waals surface area contributed by atoms with Crippen LogP contribution in [0.15, 0.2) is 77.3 Å². The second-order valence-corrected chi connectivity index (χ2v) is 7.19. The summed E-state index contributed by atoms with van der Waals surface area (Å²) < 4.78 is 10.8. The van der Waals surface area contributed by atoms with Crippen molar-refractivity contribution < 1.29 is 23.9 Å². The molecule has 0 aromatic heterocycles. The normalized spacial score (nSPS) is 10.1. The number of nitrogens with one attached hydrogen (secondary N) is 2. The van der Waals surface area contributed by atoms with Gasteiger partial charge in [-0.25, -0.2) is 4.79 Å². The molecule has 3 aromatic carbocycles. The first-order valence-electron chi connectivity index (χ1n) is 9.24. The third-order valence-electron chi connectivity index (χ3n) is 4.21. The van der Waals surface area contributed by atoms with Crippen LogP contribution in [0.4, 0.5) is 11.4 Å². The predicted octanol–water partition coefficient (Wildman–Crippen LogP) is 4.51. The summed E-state index contributed by atoms with van der Waals surface area (Å²) in [5.41, 5.74) is 1.76. The van der Waals surface area contributed by atoms with E-state index in [4.69, 9.17) is 9.47 Å². The van der Waals surface area contributed by atoms with Gasteiger partial charge >= 0.3 is 5.97 Å². The van der Waals surface area contributed by atoms with Gasteiger partial charge in [0.15, 0.2) is 6.61 Å². The molecule has 0 atom stereocenters. The van der Waals surface area contributed by atoms with Crippen LogP contribution >= 0.6 is 15.9 Å². The van der Waals surface area contributed by atoms with Gasteiger partial charge in [-0.05, 0) is 64.5 Å². The van der Waals surface area contributed by atoms with E-state index in [2.05, 4.69) is 26.6 Å². The number of benzene rings is 3. The van der Waals surface area contributed by atoms with Crippen LogP contribution in [0.5, 0.6) is 5.75 Å². The van der Waals surface area contributed by atoms with Crippen molar-refractivity contribution in [1.82, 2.24) is 0 Å². The summed E-state index contributed by atoms with van der Waals surface area (Å²) in [5.74, 6) is -0.862. The zero-order valence-corrected chi connectivity index (χ0v) is 18.1. The smallest absolute Gasteiger partial charge is 0.339 e. The van der Waals surface area contributed by atoms with E-state index in [-0.39, 0.29) is 5.91 Å². The molecule has 0 aliphatic carbocycles. The molecule has 2 N–H and O–H groups in total. The van der Waals surface area contributed by atoms with Gasteiger partial charge < -0.3 is 20.1 Å². The highest BCUT2D eigenvalue weighted by molar-refractivity contribution is 9.10. The average molecular weight is 483 g/mol. The molecule has 0 saturated carbocycles. The Morgan fingerprint density at radius 2 is 1.55 bits per heavy atom. The van der Waals surface area contributed by atoms with Gasteiger partial charge in [0.1, 0.15) is 5.75 Å². The molecule has 8 heteroatoms. The molecular weight excluding hydrogens is 464 g/mol. The van der Waals surface area contributed by atoms with Gasteiger partial charge in [0.25, 0.3) is 11.8 Å². The molecule has 0 bridgehead atoms. The second-order valence-electron chi connectivity index (χ2n) is 6.34. The van der Waals surface area contributed by atoms with Crippen molar-refractivity contribution >= 4 is 45.1 Å². The highest BCUT2D eigenvalue weighted by Crippen LogP contribution is 2.24. The zero-order chi connectivity index (χ0) is 22.2. The molecule has 0 unspecified atom stereocenters. The number of methoxy groups -OCH3 is 1. The number of anilines is 2. The van der Waals surface area contributed by atoms with Crippen molar-refractivity contribution in [3.05, 3.63) is 88.4 Å². The van der Waals surface area contributed by atoms with Crippen LogP contribution in [0.2, 0.25) is 0 Å². The zero-order valence-electron chi connectivity index (χ0n) is 16.6. The van der Waals surface area contributed by atoms with E-state index in [0.717, 1.165) is 0 Å². The Bertz CT molecular complexity index is 1100. The van der Waals surface area contributed by atoms with Crippen LogP contribution < -0.4 is 15.4 Å². The summed E-state index contributed by atoms with van der Waals surface area (Å²) in [5, 5.41) is 5.40. The minimum absolute atomic E-state index is 0.315. The van der Waals surface area contributed by atoms with E-state index >= 15 is 0 Å².